The number of aryl methyl sites for hydroxylation is 2. The quantitative estimate of drug-likeness (QED) is 0.920. The highest BCUT2D eigenvalue weighted by molar-refractivity contribution is 7.11. The molecule has 1 fully saturated rings. The van der Waals surface area contributed by atoms with Crippen LogP contribution in [0.5, 0.6) is 0 Å². The molecule has 0 atom stereocenters. The molecule has 0 radical (unpaired) electrons. The number of thiazole rings is 1. The fourth-order valence-electron chi connectivity index (χ4n) is 2.93. The molecule has 2 rings (SSSR count). The van der Waals surface area contributed by atoms with Gasteiger partial charge in [-0.1, -0.05) is 6.92 Å². The van der Waals surface area contributed by atoms with Gasteiger partial charge in [-0.25, -0.2) is 4.98 Å². The Morgan fingerprint density at radius 3 is 2.47 bits per heavy atom. The van der Waals surface area contributed by atoms with Crippen LogP contribution in [0.15, 0.2) is 0 Å². The zero-order valence-corrected chi connectivity index (χ0v) is 13.7. The average Bonchev–Trinajstić information content (AvgIpc) is 2.74. The van der Waals surface area contributed by atoms with Gasteiger partial charge in [-0.15, -0.1) is 11.3 Å². The predicted octanol–water partition coefficient (Wildman–Crippen LogP) is 2.93. The molecule has 0 aliphatic carbocycles. The van der Waals surface area contributed by atoms with Crippen LogP contribution in [-0.4, -0.2) is 36.1 Å². The van der Waals surface area contributed by atoms with Crippen LogP contribution in [0.3, 0.4) is 0 Å². The topological polar surface area (TPSA) is 28.2 Å². The summed E-state index contributed by atoms with van der Waals surface area (Å²) < 4.78 is 0. The van der Waals surface area contributed by atoms with Gasteiger partial charge in [0.25, 0.3) is 0 Å². The van der Waals surface area contributed by atoms with Crippen molar-refractivity contribution >= 4 is 11.3 Å². The lowest BCUT2D eigenvalue weighted by Crippen LogP contribution is -2.52. The van der Waals surface area contributed by atoms with Crippen molar-refractivity contribution in [3.05, 3.63) is 15.6 Å². The summed E-state index contributed by atoms with van der Waals surface area (Å²) in [6.45, 7) is 11.2. The van der Waals surface area contributed by atoms with Gasteiger partial charge < -0.3 is 10.2 Å². The average molecular weight is 281 g/mol. The van der Waals surface area contributed by atoms with Crippen LogP contribution in [0.4, 0.5) is 0 Å². The zero-order chi connectivity index (χ0) is 14.0. The number of nitrogens with zero attached hydrogens (tertiary/aromatic N) is 2. The third kappa shape index (κ3) is 3.18. The first-order chi connectivity index (χ1) is 8.97. The maximum atomic E-state index is 4.94. The summed E-state index contributed by atoms with van der Waals surface area (Å²) in [5, 5.41) is 5.13. The molecule has 1 saturated heterocycles. The van der Waals surface area contributed by atoms with E-state index < -0.39 is 0 Å². The highest BCUT2D eigenvalue weighted by Gasteiger charge is 2.38. The molecule has 0 bridgehead atoms. The summed E-state index contributed by atoms with van der Waals surface area (Å²) in [5.41, 5.74) is 1.38. The predicted molar refractivity (Wildman–Crippen MR) is 82.9 cm³/mol. The maximum Gasteiger partial charge on any atom is 0.113 e. The normalized spacial score (nSPS) is 20.1. The van der Waals surface area contributed by atoms with Gasteiger partial charge in [0, 0.05) is 24.0 Å². The molecule has 1 aliphatic heterocycles. The SMILES string of the molecule is CCc1nc(C2(NC(C)C)CCN(C)CC2)sc1C. The van der Waals surface area contributed by atoms with E-state index in [2.05, 4.69) is 45.0 Å². The second kappa shape index (κ2) is 5.90. The lowest BCUT2D eigenvalue weighted by molar-refractivity contribution is 0.147. The number of piperidine rings is 1. The fourth-order valence-corrected chi connectivity index (χ4v) is 4.15. The molecule has 1 aromatic heterocycles. The number of nitrogens with one attached hydrogen (secondary N) is 1. The first kappa shape index (κ1) is 14.9. The van der Waals surface area contributed by atoms with E-state index >= 15 is 0 Å². The Balaban J connectivity index is 2.31. The molecule has 1 aliphatic rings. The first-order valence-electron chi connectivity index (χ1n) is 7.40. The van der Waals surface area contributed by atoms with Gasteiger partial charge in [-0.3, -0.25) is 0 Å². The molecule has 1 N–H and O–H groups in total. The van der Waals surface area contributed by atoms with E-state index in [1.165, 1.54) is 15.6 Å². The van der Waals surface area contributed by atoms with Gasteiger partial charge in [0.1, 0.15) is 5.01 Å². The first-order valence-corrected chi connectivity index (χ1v) is 8.21. The standard InChI is InChI=1S/C15H27N3S/c1-6-13-12(4)19-14(16-13)15(17-11(2)3)7-9-18(5)10-8-15/h11,17H,6-10H2,1-5H3. The van der Waals surface area contributed by atoms with Crippen LogP contribution in [0.2, 0.25) is 0 Å². The van der Waals surface area contributed by atoms with E-state index in [1.54, 1.807) is 0 Å². The van der Waals surface area contributed by atoms with Crippen molar-refractivity contribution in [2.24, 2.45) is 0 Å². The summed E-state index contributed by atoms with van der Waals surface area (Å²) in [5.74, 6) is 0. The summed E-state index contributed by atoms with van der Waals surface area (Å²) in [7, 11) is 2.21. The van der Waals surface area contributed by atoms with Crippen LogP contribution in [0, 0.1) is 6.92 Å². The Morgan fingerprint density at radius 2 is 2.00 bits per heavy atom. The molecule has 3 nitrogen and oxygen atoms in total. The van der Waals surface area contributed by atoms with Crippen LogP contribution in [0.1, 0.15) is 49.2 Å². The largest absolute Gasteiger partial charge is 0.306 e. The van der Waals surface area contributed by atoms with Gasteiger partial charge >= 0.3 is 0 Å². The monoisotopic (exact) mass is 281 g/mol. The second-order valence-electron chi connectivity index (χ2n) is 6.06. The van der Waals surface area contributed by atoms with Crippen LogP contribution < -0.4 is 5.32 Å². The molecule has 0 spiro atoms. The van der Waals surface area contributed by atoms with Crippen molar-refractivity contribution in [2.75, 3.05) is 20.1 Å². The number of hydrogen-bond acceptors (Lipinski definition) is 4. The molecule has 1 aromatic rings. The van der Waals surface area contributed by atoms with Crippen molar-refractivity contribution in [2.45, 2.75) is 58.5 Å². The Kier molecular flexibility index (Phi) is 4.64. The van der Waals surface area contributed by atoms with E-state index in [0.717, 1.165) is 32.4 Å². The molecular weight excluding hydrogens is 254 g/mol. The highest BCUT2D eigenvalue weighted by Crippen LogP contribution is 2.36. The number of aromatic nitrogens is 1. The molecular formula is C15H27N3S. The van der Waals surface area contributed by atoms with Gasteiger partial charge in [0.15, 0.2) is 0 Å². The molecule has 0 amide bonds. The summed E-state index contributed by atoms with van der Waals surface area (Å²) in [6.07, 6.45) is 3.37. The zero-order valence-electron chi connectivity index (χ0n) is 12.9. The van der Waals surface area contributed by atoms with Crippen molar-refractivity contribution in [1.82, 2.24) is 15.2 Å². The molecule has 0 saturated carbocycles. The van der Waals surface area contributed by atoms with Gasteiger partial charge in [0.05, 0.1) is 11.2 Å². The lowest BCUT2D eigenvalue weighted by Gasteiger charge is -2.41. The fraction of sp³-hybridized carbons (Fsp3) is 0.800. The van der Waals surface area contributed by atoms with Gasteiger partial charge in [0.2, 0.25) is 0 Å². The van der Waals surface area contributed by atoms with Crippen molar-refractivity contribution < 1.29 is 0 Å². The summed E-state index contributed by atoms with van der Waals surface area (Å²) >= 11 is 1.90. The molecule has 4 heteroatoms. The summed E-state index contributed by atoms with van der Waals surface area (Å²) in [6, 6.07) is 0.498. The van der Waals surface area contributed by atoms with Crippen molar-refractivity contribution in [3.63, 3.8) is 0 Å². The molecule has 19 heavy (non-hydrogen) atoms. The van der Waals surface area contributed by atoms with Gasteiger partial charge in [-0.2, -0.15) is 0 Å². The minimum Gasteiger partial charge on any atom is -0.306 e. The molecule has 0 aromatic carbocycles. The maximum absolute atomic E-state index is 4.94. The molecule has 2 heterocycles. The van der Waals surface area contributed by atoms with Gasteiger partial charge in [-0.05, 0) is 47.1 Å². The number of rotatable bonds is 4. The minimum absolute atomic E-state index is 0.101. The van der Waals surface area contributed by atoms with E-state index in [9.17, 15) is 0 Å². The molecule has 0 unspecified atom stereocenters. The van der Waals surface area contributed by atoms with Crippen molar-refractivity contribution in [1.29, 1.82) is 0 Å². The third-order valence-corrected chi connectivity index (χ3v) is 5.26. The Hall–Kier alpha value is -0.450. The molecule has 108 valence electrons. The van der Waals surface area contributed by atoms with E-state index in [0.29, 0.717) is 6.04 Å². The second-order valence-corrected chi connectivity index (χ2v) is 7.26. The Bertz CT molecular complexity index is 417. The Morgan fingerprint density at radius 1 is 1.37 bits per heavy atom. The van der Waals surface area contributed by atoms with Crippen molar-refractivity contribution in [3.8, 4) is 0 Å². The minimum atomic E-state index is 0.101. The highest BCUT2D eigenvalue weighted by atomic mass is 32.1. The Labute approximate surface area is 121 Å². The lowest BCUT2D eigenvalue weighted by atomic mass is 9.87. The number of likely N-dealkylation sites (tertiary alicyclic amines) is 1. The van der Waals surface area contributed by atoms with E-state index in [1.807, 2.05) is 11.3 Å². The van der Waals surface area contributed by atoms with Crippen LogP contribution >= 0.6 is 11.3 Å². The number of hydrogen-bond donors (Lipinski definition) is 1. The van der Waals surface area contributed by atoms with Crippen LogP contribution in [-0.2, 0) is 12.0 Å². The third-order valence-electron chi connectivity index (χ3n) is 4.04. The van der Waals surface area contributed by atoms with Crippen LogP contribution in [0.25, 0.3) is 0 Å². The summed E-state index contributed by atoms with van der Waals surface area (Å²) in [4.78, 5) is 8.75. The van der Waals surface area contributed by atoms with E-state index in [4.69, 9.17) is 4.98 Å². The smallest absolute Gasteiger partial charge is 0.113 e. The van der Waals surface area contributed by atoms with E-state index in [-0.39, 0.29) is 5.54 Å².